The molecule has 2 saturated heterocycles. The molecular formula is C15H22ClN3. The van der Waals surface area contributed by atoms with Crippen LogP contribution in [0, 0.1) is 0 Å². The molecule has 2 aliphatic rings. The van der Waals surface area contributed by atoms with Gasteiger partial charge in [-0.2, -0.15) is 0 Å². The van der Waals surface area contributed by atoms with E-state index in [4.69, 9.17) is 17.3 Å². The number of anilines is 2. The highest BCUT2D eigenvalue weighted by atomic mass is 35.5. The van der Waals surface area contributed by atoms with Gasteiger partial charge in [-0.25, -0.2) is 0 Å². The van der Waals surface area contributed by atoms with Crippen LogP contribution in [0.2, 0.25) is 5.02 Å². The molecule has 2 heterocycles. The predicted molar refractivity (Wildman–Crippen MR) is 81.7 cm³/mol. The molecule has 0 amide bonds. The van der Waals surface area contributed by atoms with E-state index in [9.17, 15) is 0 Å². The lowest BCUT2D eigenvalue weighted by atomic mass is 9.82. The Morgan fingerprint density at radius 3 is 2.63 bits per heavy atom. The number of nitrogens with two attached hydrogens (primary N) is 1. The van der Waals surface area contributed by atoms with Crippen LogP contribution in [-0.2, 0) is 0 Å². The van der Waals surface area contributed by atoms with Crippen molar-refractivity contribution in [3.63, 3.8) is 0 Å². The van der Waals surface area contributed by atoms with Crippen LogP contribution in [0.3, 0.4) is 0 Å². The van der Waals surface area contributed by atoms with Gasteiger partial charge in [-0.05, 0) is 50.9 Å². The number of nitrogens with one attached hydrogen (secondary N) is 1. The average Bonchev–Trinajstić information content (AvgIpc) is 2.35. The lowest BCUT2D eigenvalue weighted by molar-refractivity contribution is 0.0608. The largest absolute Gasteiger partial charge is 0.397 e. The standard InChI is InChI=1S/C15H22ClN3/c1-19-12-3-2-4-13(19)9-11(8-12)18-15-7-10(16)5-6-14(15)17/h5-7,11-13,18H,2-4,8-9,17H2,1H3. The molecular weight excluding hydrogens is 258 g/mol. The number of hydrogen-bond donors (Lipinski definition) is 2. The Morgan fingerprint density at radius 1 is 1.26 bits per heavy atom. The Morgan fingerprint density at radius 2 is 1.95 bits per heavy atom. The number of nitrogens with zero attached hydrogens (tertiary/aromatic N) is 1. The molecule has 3 rings (SSSR count). The Bertz CT molecular complexity index is 449. The van der Waals surface area contributed by atoms with Gasteiger partial charge >= 0.3 is 0 Å². The summed E-state index contributed by atoms with van der Waals surface area (Å²) in [5.74, 6) is 0. The molecule has 0 aliphatic carbocycles. The summed E-state index contributed by atoms with van der Waals surface area (Å²) in [5, 5.41) is 4.34. The topological polar surface area (TPSA) is 41.3 Å². The van der Waals surface area contributed by atoms with E-state index in [0.29, 0.717) is 6.04 Å². The van der Waals surface area contributed by atoms with Gasteiger partial charge in [0.05, 0.1) is 11.4 Å². The fourth-order valence-electron chi connectivity index (χ4n) is 3.61. The van der Waals surface area contributed by atoms with Crippen molar-refractivity contribution in [3.8, 4) is 0 Å². The third kappa shape index (κ3) is 2.67. The van der Waals surface area contributed by atoms with Gasteiger partial charge in [0.25, 0.3) is 0 Å². The molecule has 2 unspecified atom stereocenters. The molecule has 0 radical (unpaired) electrons. The number of hydrogen-bond acceptors (Lipinski definition) is 3. The molecule has 0 saturated carbocycles. The van der Waals surface area contributed by atoms with Gasteiger partial charge in [-0.15, -0.1) is 0 Å². The van der Waals surface area contributed by atoms with Crippen molar-refractivity contribution < 1.29 is 0 Å². The van der Waals surface area contributed by atoms with Crippen LogP contribution in [0.25, 0.3) is 0 Å². The van der Waals surface area contributed by atoms with Crippen molar-refractivity contribution in [1.82, 2.24) is 4.90 Å². The second-order valence-electron chi connectivity index (χ2n) is 5.95. The number of benzene rings is 1. The zero-order valence-corrected chi connectivity index (χ0v) is 12.2. The van der Waals surface area contributed by atoms with Gasteiger partial charge in [0.15, 0.2) is 0 Å². The summed E-state index contributed by atoms with van der Waals surface area (Å²) in [7, 11) is 2.28. The summed E-state index contributed by atoms with van der Waals surface area (Å²) in [6.45, 7) is 0. The Hall–Kier alpha value is -0.930. The average molecular weight is 280 g/mol. The molecule has 2 atom stereocenters. The summed E-state index contributed by atoms with van der Waals surface area (Å²) >= 11 is 6.05. The SMILES string of the molecule is CN1C2CCCC1CC(Nc1cc(Cl)ccc1N)C2. The normalized spacial score (nSPS) is 31.2. The minimum Gasteiger partial charge on any atom is -0.397 e. The Kier molecular flexibility index (Phi) is 3.59. The monoisotopic (exact) mass is 279 g/mol. The highest BCUT2D eigenvalue weighted by Gasteiger charge is 2.35. The van der Waals surface area contributed by atoms with Gasteiger partial charge in [0, 0.05) is 23.1 Å². The molecule has 4 heteroatoms. The van der Waals surface area contributed by atoms with Crippen LogP contribution in [0.15, 0.2) is 18.2 Å². The molecule has 0 spiro atoms. The first-order chi connectivity index (χ1) is 9.13. The van der Waals surface area contributed by atoms with Crippen molar-refractivity contribution in [2.24, 2.45) is 0 Å². The van der Waals surface area contributed by atoms with Crippen LogP contribution in [0.5, 0.6) is 0 Å². The first-order valence-corrected chi connectivity index (χ1v) is 7.55. The van der Waals surface area contributed by atoms with E-state index in [1.807, 2.05) is 18.2 Å². The molecule has 19 heavy (non-hydrogen) atoms. The zero-order valence-electron chi connectivity index (χ0n) is 11.4. The van der Waals surface area contributed by atoms with Crippen LogP contribution in [0.1, 0.15) is 32.1 Å². The first kappa shape index (κ1) is 13.1. The third-order valence-corrected chi connectivity index (χ3v) is 4.95. The van der Waals surface area contributed by atoms with E-state index in [2.05, 4.69) is 17.3 Å². The molecule has 104 valence electrons. The Labute approximate surface area is 120 Å². The lowest BCUT2D eigenvalue weighted by Crippen LogP contribution is -2.52. The van der Waals surface area contributed by atoms with E-state index in [1.54, 1.807) is 0 Å². The van der Waals surface area contributed by atoms with Gasteiger partial charge in [-0.1, -0.05) is 18.0 Å². The second kappa shape index (κ2) is 5.22. The fraction of sp³-hybridized carbons (Fsp3) is 0.600. The van der Waals surface area contributed by atoms with Crippen molar-refractivity contribution in [2.75, 3.05) is 18.1 Å². The number of rotatable bonds is 2. The quantitative estimate of drug-likeness (QED) is 0.816. The van der Waals surface area contributed by atoms with Crippen molar-refractivity contribution in [3.05, 3.63) is 23.2 Å². The molecule has 2 fully saturated rings. The maximum atomic E-state index is 6.05. The number of nitrogen functional groups attached to an aromatic ring is 1. The van der Waals surface area contributed by atoms with E-state index >= 15 is 0 Å². The van der Waals surface area contributed by atoms with Crippen LogP contribution >= 0.6 is 11.6 Å². The molecule has 2 aliphatic heterocycles. The Balaban J connectivity index is 1.72. The number of fused-ring (bicyclic) bond motifs is 2. The minimum absolute atomic E-state index is 0.521. The molecule has 1 aromatic rings. The first-order valence-electron chi connectivity index (χ1n) is 7.17. The summed E-state index contributed by atoms with van der Waals surface area (Å²) in [6, 6.07) is 7.62. The van der Waals surface area contributed by atoms with Gasteiger partial charge in [0.1, 0.15) is 0 Å². The van der Waals surface area contributed by atoms with E-state index < -0.39 is 0 Å². The number of halogens is 1. The summed E-state index contributed by atoms with van der Waals surface area (Å²) in [5.41, 5.74) is 7.79. The second-order valence-corrected chi connectivity index (χ2v) is 6.38. The van der Waals surface area contributed by atoms with Crippen LogP contribution in [-0.4, -0.2) is 30.1 Å². The molecule has 3 nitrogen and oxygen atoms in total. The zero-order chi connectivity index (χ0) is 13.4. The smallest absolute Gasteiger partial charge is 0.0591 e. The molecule has 1 aromatic carbocycles. The maximum Gasteiger partial charge on any atom is 0.0591 e. The van der Waals surface area contributed by atoms with Crippen molar-refractivity contribution >= 4 is 23.0 Å². The summed E-state index contributed by atoms with van der Waals surface area (Å²) in [6.07, 6.45) is 6.45. The van der Waals surface area contributed by atoms with Gasteiger partial charge < -0.3 is 16.0 Å². The summed E-state index contributed by atoms with van der Waals surface area (Å²) < 4.78 is 0. The molecule has 3 N–H and O–H groups in total. The minimum atomic E-state index is 0.521. The fourth-order valence-corrected chi connectivity index (χ4v) is 3.78. The van der Waals surface area contributed by atoms with Gasteiger partial charge in [-0.3, -0.25) is 0 Å². The predicted octanol–water partition coefficient (Wildman–Crippen LogP) is 3.35. The van der Waals surface area contributed by atoms with E-state index in [0.717, 1.165) is 28.5 Å². The maximum absolute atomic E-state index is 6.05. The lowest BCUT2D eigenvalue weighted by Gasteiger charge is -2.47. The van der Waals surface area contributed by atoms with Gasteiger partial charge in [0.2, 0.25) is 0 Å². The third-order valence-electron chi connectivity index (χ3n) is 4.71. The van der Waals surface area contributed by atoms with Crippen molar-refractivity contribution in [2.45, 2.75) is 50.2 Å². The van der Waals surface area contributed by atoms with Crippen molar-refractivity contribution in [1.29, 1.82) is 0 Å². The van der Waals surface area contributed by atoms with Crippen LogP contribution < -0.4 is 11.1 Å². The van der Waals surface area contributed by atoms with E-state index in [1.165, 1.54) is 32.1 Å². The highest BCUT2D eigenvalue weighted by Crippen LogP contribution is 2.35. The molecule has 0 aromatic heterocycles. The summed E-state index contributed by atoms with van der Waals surface area (Å²) in [4.78, 5) is 2.57. The number of piperidine rings is 2. The van der Waals surface area contributed by atoms with E-state index in [-0.39, 0.29) is 0 Å². The van der Waals surface area contributed by atoms with Crippen LogP contribution in [0.4, 0.5) is 11.4 Å². The molecule has 2 bridgehead atoms. The highest BCUT2D eigenvalue weighted by molar-refractivity contribution is 6.31.